The molecule has 1 unspecified atom stereocenters. The largest absolute Gasteiger partial charge is 0.417 e. The smallest absolute Gasteiger partial charge is 0.405 e. The number of alkyl halides is 3. The fourth-order valence-electron chi connectivity index (χ4n) is 4.42. The minimum atomic E-state index is -4.85. The van der Waals surface area contributed by atoms with Gasteiger partial charge < -0.3 is 21.5 Å². The van der Waals surface area contributed by atoms with Crippen molar-refractivity contribution in [1.82, 2.24) is 0 Å². The molecule has 0 radical (unpaired) electrons. The number of piperidine rings is 1. The van der Waals surface area contributed by atoms with E-state index < -0.39 is 30.0 Å². The molecule has 7 heteroatoms. The standard InChI is InChI=1S/C26H38F3N3O/c1-19(2)20(11-12-30)15-22(31)17-25(33,26(27,28)29)18-24(3,4)21-9-8-10-23(16-21)32-13-6-5-7-14-32/h8-12,15-16,33H,5-7,13-14,17-18,30-31H2,1-4H3/b12-11-,22-15-. The minimum Gasteiger partial charge on any atom is -0.405 e. The summed E-state index contributed by atoms with van der Waals surface area (Å²) in [7, 11) is 0. The number of anilines is 1. The average molecular weight is 466 g/mol. The van der Waals surface area contributed by atoms with Gasteiger partial charge >= 0.3 is 6.18 Å². The number of nitrogens with two attached hydrogens (primary N) is 2. The fourth-order valence-corrected chi connectivity index (χ4v) is 4.42. The van der Waals surface area contributed by atoms with E-state index in [-0.39, 0.29) is 5.70 Å². The van der Waals surface area contributed by atoms with Gasteiger partial charge in [0.2, 0.25) is 0 Å². The van der Waals surface area contributed by atoms with Gasteiger partial charge in [0.1, 0.15) is 0 Å². The van der Waals surface area contributed by atoms with Crippen LogP contribution in [0.4, 0.5) is 18.9 Å². The quantitative estimate of drug-likeness (QED) is 0.432. The lowest BCUT2D eigenvalue weighted by Gasteiger charge is -2.38. The first kappa shape index (κ1) is 26.8. The van der Waals surface area contributed by atoms with Gasteiger partial charge in [-0.15, -0.1) is 0 Å². The van der Waals surface area contributed by atoms with Crippen molar-refractivity contribution in [2.45, 2.75) is 77.0 Å². The maximum absolute atomic E-state index is 14.1. The van der Waals surface area contributed by atoms with E-state index in [0.717, 1.165) is 42.8 Å². The number of nitrogens with zero attached hydrogens (tertiary/aromatic N) is 1. The lowest BCUT2D eigenvalue weighted by molar-refractivity contribution is -0.266. The summed E-state index contributed by atoms with van der Waals surface area (Å²) in [5, 5.41) is 10.9. The van der Waals surface area contributed by atoms with Gasteiger partial charge in [0.15, 0.2) is 5.60 Å². The SMILES string of the molecule is CC(C)=C(/C=C\N)/C=C(\N)CC(O)(CC(C)(C)c1cccc(N2CCCCC2)c1)C(F)(F)F. The number of aliphatic hydroxyl groups is 1. The van der Waals surface area contributed by atoms with E-state index in [9.17, 15) is 18.3 Å². The Balaban J connectivity index is 2.34. The number of halogens is 3. The van der Waals surface area contributed by atoms with Crippen LogP contribution in [0, 0.1) is 0 Å². The lowest BCUT2D eigenvalue weighted by atomic mass is 9.73. The Morgan fingerprint density at radius 2 is 1.76 bits per heavy atom. The van der Waals surface area contributed by atoms with Crippen molar-refractivity contribution in [3.8, 4) is 0 Å². The van der Waals surface area contributed by atoms with Crippen LogP contribution in [-0.2, 0) is 5.41 Å². The zero-order chi connectivity index (χ0) is 24.9. The van der Waals surface area contributed by atoms with Crippen molar-refractivity contribution in [3.63, 3.8) is 0 Å². The highest BCUT2D eigenvalue weighted by Crippen LogP contribution is 2.44. The first-order valence-electron chi connectivity index (χ1n) is 11.5. The average Bonchev–Trinajstić information content (AvgIpc) is 2.73. The molecule has 33 heavy (non-hydrogen) atoms. The van der Waals surface area contributed by atoms with E-state index >= 15 is 0 Å². The maximum atomic E-state index is 14.1. The molecule has 0 saturated carbocycles. The van der Waals surface area contributed by atoms with Crippen molar-refractivity contribution in [1.29, 1.82) is 0 Å². The molecule has 1 aromatic carbocycles. The molecule has 0 spiro atoms. The normalized spacial score (nSPS) is 17.8. The van der Waals surface area contributed by atoms with Gasteiger partial charge in [-0.25, -0.2) is 0 Å². The summed E-state index contributed by atoms with van der Waals surface area (Å²) in [4.78, 5) is 2.27. The van der Waals surface area contributed by atoms with E-state index in [1.54, 1.807) is 19.9 Å². The number of allylic oxidation sites excluding steroid dienone is 4. The second kappa shape index (κ2) is 10.7. The third-order valence-electron chi connectivity index (χ3n) is 6.30. The highest BCUT2D eigenvalue weighted by Gasteiger charge is 2.56. The molecule has 184 valence electrons. The van der Waals surface area contributed by atoms with Gasteiger partial charge in [0.25, 0.3) is 0 Å². The maximum Gasteiger partial charge on any atom is 0.417 e. The van der Waals surface area contributed by atoms with Crippen LogP contribution in [0.5, 0.6) is 0 Å². The summed E-state index contributed by atoms with van der Waals surface area (Å²) in [5.41, 5.74) is 10.7. The number of hydrogen-bond acceptors (Lipinski definition) is 4. The van der Waals surface area contributed by atoms with Crippen LogP contribution in [0.15, 0.2) is 59.5 Å². The van der Waals surface area contributed by atoms with E-state index in [1.807, 2.05) is 38.1 Å². The summed E-state index contributed by atoms with van der Waals surface area (Å²) in [5.74, 6) is 0. The lowest BCUT2D eigenvalue weighted by Crippen LogP contribution is -2.50. The highest BCUT2D eigenvalue weighted by molar-refractivity contribution is 5.50. The first-order chi connectivity index (χ1) is 15.3. The van der Waals surface area contributed by atoms with E-state index in [1.165, 1.54) is 18.7 Å². The topological polar surface area (TPSA) is 75.5 Å². The van der Waals surface area contributed by atoms with Crippen LogP contribution < -0.4 is 16.4 Å². The summed E-state index contributed by atoms with van der Waals surface area (Å²) < 4.78 is 42.4. The van der Waals surface area contributed by atoms with Gasteiger partial charge in [-0.3, -0.25) is 0 Å². The van der Waals surface area contributed by atoms with Crippen LogP contribution in [0.2, 0.25) is 0 Å². The van der Waals surface area contributed by atoms with Gasteiger partial charge in [0.05, 0.1) is 0 Å². The van der Waals surface area contributed by atoms with Gasteiger partial charge in [0, 0.05) is 30.9 Å². The van der Waals surface area contributed by atoms with Crippen molar-refractivity contribution < 1.29 is 18.3 Å². The first-order valence-corrected chi connectivity index (χ1v) is 11.5. The van der Waals surface area contributed by atoms with Crippen LogP contribution in [0.3, 0.4) is 0 Å². The second-order valence-electron chi connectivity index (χ2n) is 9.90. The molecule has 2 rings (SSSR count). The van der Waals surface area contributed by atoms with Crippen molar-refractivity contribution in [3.05, 3.63) is 65.0 Å². The predicted molar refractivity (Wildman–Crippen MR) is 130 cm³/mol. The molecule has 4 nitrogen and oxygen atoms in total. The Morgan fingerprint density at radius 3 is 2.30 bits per heavy atom. The summed E-state index contributed by atoms with van der Waals surface area (Å²) in [6.07, 6.45) is 1.66. The second-order valence-corrected chi connectivity index (χ2v) is 9.90. The predicted octanol–water partition coefficient (Wildman–Crippen LogP) is 5.68. The van der Waals surface area contributed by atoms with Crippen molar-refractivity contribution in [2.75, 3.05) is 18.0 Å². The summed E-state index contributed by atoms with van der Waals surface area (Å²) >= 11 is 0. The van der Waals surface area contributed by atoms with E-state index in [2.05, 4.69) is 4.90 Å². The molecule has 1 aromatic rings. The van der Waals surface area contributed by atoms with E-state index in [4.69, 9.17) is 11.5 Å². The molecule has 0 amide bonds. The monoisotopic (exact) mass is 465 g/mol. The Morgan fingerprint density at radius 1 is 1.12 bits per heavy atom. The Labute approximate surface area is 195 Å². The fraction of sp³-hybridized carbons (Fsp3) is 0.538. The molecule has 5 N–H and O–H groups in total. The molecule has 0 bridgehead atoms. The molecule has 1 aliphatic heterocycles. The molecular weight excluding hydrogens is 427 g/mol. The van der Waals surface area contributed by atoms with Crippen LogP contribution in [-0.4, -0.2) is 30.0 Å². The molecule has 1 aliphatic rings. The molecule has 1 heterocycles. The van der Waals surface area contributed by atoms with Gasteiger partial charge in [-0.2, -0.15) is 13.2 Å². The van der Waals surface area contributed by atoms with Crippen molar-refractivity contribution in [2.24, 2.45) is 11.5 Å². The van der Waals surface area contributed by atoms with Crippen LogP contribution in [0.25, 0.3) is 0 Å². The molecule has 1 fully saturated rings. The molecular formula is C26H38F3N3O. The van der Waals surface area contributed by atoms with Crippen molar-refractivity contribution >= 4 is 5.69 Å². The molecule has 1 saturated heterocycles. The third-order valence-corrected chi connectivity index (χ3v) is 6.30. The zero-order valence-corrected chi connectivity index (χ0v) is 20.2. The Kier molecular flexibility index (Phi) is 8.69. The Hall–Kier alpha value is -2.41. The summed E-state index contributed by atoms with van der Waals surface area (Å²) in [6.45, 7) is 8.99. The summed E-state index contributed by atoms with van der Waals surface area (Å²) in [6, 6.07) is 7.65. The van der Waals surface area contributed by atoms with Crippen LogP contribution >= 0.6 is 0 Å². The minimum absolute atomic E-state index is 0.0537. The third kappa shape index (κ3) is 7.03. The molecule has 0 aromatic heterocycles. The number of rotatable bonds is 8. The number of hydrogen-bond donors (Lipinski definition) is 3. The molecule has 0 aliphatic carbocycles. The van der Waals surface area contributed by atoms with Gasteiger partial charge in [-0.1, -0.05) is 31.6 Å². The zero-order valence-electron chi connectivity index (χ0n) is 20.2. The molecule has 1 atom stereocenters. The highest BCUT2D eigenvalue weighted by atomic mass is 19.4. The van der Waals surface area contributed by atoms with E-state index in [0.29, 0.717) is 5.57 Å². The number of benzene rings is 1. The van der Waals surface area contributed by atoms with Crippen LogP contribution in [0.1, 0.15) is 65.4 Å². The van der Waals surface area contributed by atoms with Gasteiger partial charge in [-0.05, 0) is 86.6 Å². The Bertz CT molecular complexity index is 892.